The molecule has 0 bridgehead atoms. The van der Waals surface area contributed by atoms with Gasteiger partial charge in [-0.05, 0) is 61.4 Å². The van der Waals surface area contributed by atoms with Gasteiger partial charge in [0, 0.05) is 28.7 Å². The van der Waals surface area contributed by atoms with Gasteiger partial charge in [0.1, 0.15) is 24.1 Å². The molecule has 3 rings (SSSR count). The summed E-state index contributed by atoms with van der Waals surface area (Å²) >= 11 is 12.9. The van der Waals surface area contributed by atoms with E-state index in [1.54, 1.807) is 49.4 Å². The molecular weight excluding hydrogens is 601 g/mol. The molecule has 9 nitrogen and oxygen atoms in total. The predicted octanol–water partition coefficient (Wildman–Crippen LogP) is 5.40. The van der Waals surface area contributed by atoms with E-state index in [1.807, 2.05) is 13.8 Å². The maximum absolute atomic E-state index is 14.1. The highest BCUT2D eigenvalue weighted by molar-refractivity contribution is 7.92. The zero-order chi connectivity index (χ0) is 31.0. The Bertz CT molecular complexity index is 1480. The minimum atomic E-state index is -4.30. The van der Waals surface area contributed by atoms with Gasteiger partial charge in [-0.15, -0.1) is 0 Å². The zero-order valence-electron chi connectivity index (χ0n) is 24.1. The first-order chi connectivity index (χ1) is 19.9. The number of methoxy groups -OCH3 is 2. The average molecular weight is 637 g/mol. The number of amides is 2. The molecule has 1 unspecified atom stereocenters. The second-order valence-corrected chi connectivity index (χ2v) is 12.6. The number of rotatable bonds is 13. The van der Waals surface area contributed by atoms with Crippen LogP contribution in [-0.4, -0.2) is 58.5 Å². The maximum Gasteiger partial charge on any atom is 0.264 e. The monoisotopic (exact) mass is 635 g/mol. The van der Waals surface area contributed by atoms with Gasteiger partial charge in [0.15, 0.2) is 0 Å². The summed E-state index contributed by atoms with van der Waals surface area (Å²) in [7, 11) is -1.42. The summed E-state index contributed by atoms with van der Waals surface area (Å²) in [6.07, 6.45) is 0. The largest absolute Gasteiger partial charge is 0.497 e. The standard InChI is InChI=1S/C30H35Cl2N3O6S/c1-20(2)17-33-30(37)21(3)34(18-24-25(31)9-8-10-26(24)32)29(36)19-35(27-11-6-7-12-28(27)41-5)42(38,39)23-15-13-22(40-4)14-16-23/h6-16,20-21H,17-19H2,1-5H3,(H,33,37). The van der Waals surface area contributed by atoms with Gasteiger partial charge in [-0.1, -0.05) is 55.2 Å². The van der Waals surface area contributed by atoms with Gasteiger partial charge in [0.25, 0.3) is 10.0 Å². The summed E-state index contributed by atoms with van der Waals surface area (Å²) in [6.45, 7) is 5.11. The lowest BCUT2D eigenvalue weighted by molar-refractivity contribution is -0.139. The van der Waals surface area contributed by atoms with Crippen molar-refractivity contribution in [2.24, 2.45) is 5.92 Å². The molecule has 42 heavy (non-hydrogen) atoms. The first-order valence-electron chi connectivity index (χ1n) is 13.2. The number of carbonyl (C=O) groups excluding carboxylic acids is 2. The molecule has 0 aromatic heterocycles. The molecule has 0 fully saturated rings. The number of para-hydroxylation sites is 2. The van der Waals surface area contributed by atoms with Gasteiger partial charge in [0.2, 0.25) is 11.8 Å². The summed E-state index contributed by atoms with van der Waals surface area (Å²) in [5.41, 5.74) is 0.580. The van der Waals surface area contributed by atoms with Gasteiger partial charge in [-0.2, -0.15) is 0 Å². The molecule has 3 aromatic carbocycles. The number of halogens is 2. The molecule has 226 valence electrons. The van der Waals surface area contributed by atoms with E-state index in [9.17, 15) is 18.0 Å². The van der Waals surface area contributed by atoms with Crippen LogP contribution in [0.15, 0.2) is 71.6 Å². The van der Waals surface area contributed by atoms with Crippen LogP contribution in [0, 0.1) is 5.92 Å². The van der Waals surface area contributed by atoms with Crippen LogP contribution in [-0.2, 0) is 26.2 Å². The van der Waals surface area contributed by atoms with Crippen molar-refractivity contribution >= 4 is 50.7 Å². The molecule has 0 spiro atoms. The van der Waals surface area contributed by atoms with E-state index < -0.39 is 34.4 Å². The Kier molecular flexibility index (Phi) is 11.5. The molecule has 0 radical (unpaired) electrons. The van der Waals surface area contributed by atoms with E-state index in [-0.39, 0.29) is 28.8 Å². The number of nitrogens with zero attached hydrogens (tertiary/aromatic N) is 2. The number of nitrogens with one attached hydrogen (secondary N) is 1. The Balaban J connectivity index is 2.09. The quantitative estimate of drug-likeness (QED) is 0.270. The number of hydrogen-bond donors (Lipinski definition) is 1. The highest BCUT2D eigenvalue weighted by atomic mass is 35.5. The van der Waals surface area contributed by atoms with E-state index in [0.717, 1.165) is 4.31 Å². The average Bonchev–Trinajstić information content (AvgIpc) is 2.98. The molecule has 1 N–H and O–H groups in total. The minimum absolute atomic E-state index is 0.0644. The second kappa shape index (κ2) is 14.6. The van der Waals surface area contributed by atoms with Crippen LogP contribution in [0.25, 0.3) is 0 Å². The molecule has 12 heteroatoms. The molecule has 0 saturated carbocycles. The molecule has 2 amide bonds. The lowest BCUT2D eigenvalue weighted by atomic mass is 10.1. The third kappa shape index (κ3) is 7.87. The first kappa shape index (κ1) is 33.0. The van der Waals surface area contributed by atoms with Crippen LogP contribution in [0.5, 0.6) is 11.5 Å². The highest BCUT2D eigenvalue weighted by Crippen LogP contribution is 2.33. The predicted molar refractivity (Wildman–Crippen MR) is 165 cm³/mol. The first-order valence-corrected chi connectivity index (χ1v) is 15.4. The third-order valence-corrected chi connectivity index (χ3v) is 9.00. The van der Waals surface area contributed by atoms with Crippen molar-refractivity contribution in [1.82, 2.24) is 10.2 Å². The minimum Gasteiger partial charge on any atom is -0.497 e. The van der Waals surface area contributed by atoms with Crippen molar-refractivity contribution in [3.8, 4) is 11.5 Å². The number of benzene rings is 3. The molecule has 0 heterocycles. The van der Waals surface area contributed by atoms with E-state index in [1.165, 1.54) is 43.4 Å². The molecular formula is C30H35Cl2N3O6S. The fraction of sp³-hybridized carbons (Fsp3) is 0.333. The van der Waals surface area contributed by atoms with Crippen LogP contribution in [0.3, 0.4) is 0 Å². The topological polar surface area (TPSA) is 105 Å². The van der Waals surface area contributed by atoms with Crippen molar-refractivity contribution in [3.63, 3.8) is 0 Å². The van der Waals surface area contributed by atoms with Crippen LogP contribution in [0.4, 0.5) is 5.69 Å². The van der Waals surface area contributed by atoms with Crippen molar-refractivity contribution < 1.29 is 27.5 Å². The van der Waals surface area contributed by atoms with Gasteiger partial charge in [-0.25, -0.2) is 8.42 Å². The summed E-state index contributed by atoms with van der Waals surface area (Å²) in [5, 5.41) is 3.46. The normalized spacial score (nSPS) is 12.0. The molecule has 3 aromatic rings. The Morgan fingerprint density at radius 1 is 0.881 bits per heavy atom. The molecule has 0 aliphatic rings. The van der Waals surface area contributed by atoms with E-state index in [2.05, 4.69) is 5.32 Å². The van der Waals surface area contributed by atoms with E-state index in [0.29, 0.717) is 27.9 Å². The van der Waals surface area contributed by atoms with Crippen LogP contribution < -0.4 is 19.1 Å². The Hall–Kier alpha value is -3.47. The summed E-state index contributed by atoms with van der Waals surface area (Å²) < 4.78 is 39.7. The Morgan fingerprint density at radius 2 is 1.50 bits per heavy atom. The molecule has 0 aliphatic carbocycles. The summed E-state index contributed by atoms with van der Waals surface area (Å²) in [4.78, 5) is 28.5. The number of hydrogen-bond acceptors (Lipinski definition) is 6. The molecule has 0 saturated heterocycles. The van der Waals surface area contributed by atoms with Crippen molar-refractivity contribution in [2.45, 2.75) is 38.3 Å². The number of anilines is 1. The second-order valence-electron chi connectivity index (χ2n) is 9.90. The van der Waals surface area contributed by atoms with Crippen molar-refractivity contribution in [2.75, 3.05) is 31.6 Å². The fourth-order valence-corrected chi connectivity index (χ4v) is 6.05. The highest BCUT2D eigenvalue weighted by Gasteiger charge is 2.34. The maximum atomic E-state index is 14.1. The SMILES string of the molecule is COc1ccc(S(=O)(=O)N(CC(=O)N(Cc2c(Cl)cccc2Cl)C(C)C(=O)NCC(C)C)c2ccccc2OC)cc1. The molecule has 1 atom stereocenters. The Labute approximate surface area is 257 Å². The number of ether oxygens (including phenoxy) is 2. The fourth-order valence-electron chi connectivity index (χ4n) is 4.11. The van der Waals surface area contributed by atoms with Gasteiger partial charge in [0.05, 0.1) is 24.8 Å². The Morgan fingerprint density at radius 3 is 2.07 bits per heavy atom. The van der Waals surface area contributed by atoms with Gasteiger partial charge >= 0.3 is 0 Å². The lowest BCUT2D eigenvalue weighted by Crippen LogP contribution is -2.51. The summed E-state index contributed by atoms with van der Waals surface area (Å²) in [6, 6.07) is 16.2. The van der Waals surface area contributed by atoms with Crippen LogP contribution >= 0.6 is 23.2 Å². The molecule has 0 aliphatic heterocycles. The van der Waals surface area contributed by atoms with Crippen LogP contribution in [0.2, 0.25) is 10.0 Å². The third-order valence-electron chi connectivity index (χ3n) is 6.52. The van der Waals surface area contributed by atoms with E-state index >= 15 is 0 Å². The van der Waals surface area contributed by atoms with Crippen molar-refractivity contribution in [1.29, 1.82) is 0 Å². The van der Waals surface area contributed by atoms with E-state index in [4.69, 9.17) is 32.7 Å². The summed E-state index contributed by atoms with van der Waals surface area (Å²) in [5.74, 6) is -0.161. The smallest absolute Gasteiger partial charge is 0.264 e. The number of carbonyl (C=O) groups is 2. The zero-order valence-corrected chi connectivity index (χ0v) is 26.5. The van der Waals surface area contributed by atoms with Crippen LogP contribution in [0.1, 0.15) is 26.3 Å². The van der Waals surface area contributed by atoms with Gasteiger partial charge in [-0.3, -0.25) is 13.9 Å². The number of sulfonamides is 1. The van der Waals surface area contributed by atoms with Crippen molar-refractivity contribution in [3.05, 3.63) is 82.3 Å². The van der Waals surface area contributed by atoms with Gasteiger partial charge < -0.3 is 19.7 Å². The lowest BCUT2D eigenvalue weighted by Gasteiger charge is -2.32.